The average molecular weight is 268 g/mol. The van der Waals surface area contributed by atoms with Crippen molar-refractivity contribution in [3.8, 4) is 17.2 Å². The van der Waals surface area contributed by atoms with E-state index in [1.54, 1.807) is 18.2 Å². The monoisotopic (exact) mass is 268 g/mol. The van der Waals surface area contributed by atoms with E-state index in [1.165, 1.54) is 6.07 Å². The third-order valence-corrected chi connectivity index (χ3v) is 3.12. The lowest BCUT2D eigenvalue weighted by Crippen LogP contribution is -2.14. The number of nitrogens with one attached hydrogen (secondary N) is 1. The summed E-state index contributed by atoms with van der Waals surface area (Å²) in [6.07, 6.45) is 1.03. The third kappa shape index (κ3) is 3.43. The Bertz CT molecular complexity index is 629. The van der Waals surface area contributed by atoms with Gasteiger partial charge in [0.2, 0.25) is 0 Å². The molecule has 20 heavy (non-hydrogen) atoms. The van der Waals surface area contributed by atoms with Gasteiger partial charge in [0.15, 0.2) is 0 Å². The van der Waals surface area contributed by atoms with Gasteiger partial charge in [-0.2, -0.15) is 5.26 Å². The molecule has 0 amide bonds. The van der Waals surface area contributed by atoms with Gasteiger partial charge in [-0.1, -0.05) is 31.2 Å². The van der Waals surface area contributed by atoms with Crippen molar-refractivity contribution < 1.29 is 4.39 Å². The van der Waals surface area contributed by atoms with Crippen molar-refractivity contribution in [1.29, 1.82) is 5.26 Å². The highest BCUT2D eigenvalue weighted by Gasteiger charge is 2.05. The molecule has 3 heteroatoms. The molecule has 2 aromatic carbocycles. The third-order valence-electron chi connectivity index (χ3n) is 3.12. The molecule has 0 aromatic heterocycles. The van der Waals surface area contributed by atoms with E-state index in [1.807, 2.05) is 18.2 Å². The van der Waals surface area contributed by atoms with E-state index < -0.39 is 0 Å². The highest BCUT2D eigenvalue weighted by molar-refractivity contribution is 5.65. The first kappa shape index (κ1) is 14.2. The van der Waals surface area contributed by atoms with Crippen LogP contribution in [0.4, 0.5) is 4.39 Å². The molecule has 0 unspecified atom stereocenters. The minimum absolute atomic E-state index is 0.214. The number of hydrogen-bond donors (Lipinski definition) is 1. The van der Waals surface area contributed by atoms with Crippen LogP contribution in [0.1, 0.15) is 24.5 Å². The van der Waals surface area contributed by atoms with E-state index in [4.69, 9.17) is 5.26 Å². The zero-order valence-electron chi connectivity index (χ0n) is 11.5. The predicted octanol–water partition coefficient (Wildman–Crippen LogP) is 3.86. The fraction of sp³-hybridized carbons (Fsp3) is 0.235. The molecule has 102 valence electrons. The van der Waals surface area contributed by atoms with Crippen molar-refractivity contribution >= 4 is 0 Å². The van der Waals surface area contributed by atoms with Gasteiger partial charge in [-0.05, 0) is 42.3 Å². The minimum Gasteiger partial charge on any atom is -0.313 e. The summed E-state index contributed by atoms with van der Waals surface area (Å²) in [5.41, 5.74) is 2.89. The van der Waals surface area contributed by atoms with Gasteiger partial charge in [0.25, 0.3) is 0 Å². The molecule has 0 bridgehead atoms. The lowest BCUT2D eigenvalue weighted by Gasteiger charge is -2.08. The standard InChI is InChI=1S/C17H17FN2/c1-2-8-20-12-16-7-6-15(10-17(16)18)14-5-3-4-13(9-14)11-19/h3-7,9-10,20H,2,8,12H2,1H3. The Kier molecular flexibility index (Phi) is 4.86. The van der Waals surface area contributed by atoms with Gasteiger partial charge in [0.1, 0.15) is 5.82 Å². The summed E-state index contributed by atoms with van der Waals surface area (Å²) in [6.45, 7) is 3.50. The van der Waals surface area contributed by atoms with E-state index in [0.717, 1.165) is 24.1 Å². The fourth-order valence-electron chi connectivity index (χ4n) is 2.04. The normalized spacial score (nSPS) is 10.2. The molecule has 0 radical (unpaired) electrons. The Balaban J connectivity index is 2.22. The highest BCUT2D eigenvalue weighted by atomic mass is 19.1. The molecule has 2 nitrogen and oxygen atoms in total. The molecule has 0 atom stereocenters. The molecular formula is C17H17FN2. The molecule has 0 spiro atoms. The van der Waals surface area contributed by atoms with Gasteiger partial charge in [0.05, 0.1) is 11.6 Å². The molecule has 1 N–H and O–H groups in total. The number of benzene rings is 2. The summed E-state index contributed by atoms with van der Waals surface area (Å²) in [5, 5.41) is 12.1. The van der Waals surface area contributed by atoms with Gasteiger partial charge < -0.3 is 5.32 Å². The van der Waals surface area contributed by atoms with Crippen LogP contribution >= 0.6 is 0 Å². The molecule has 0 aliphatic carbocycles. The van der Waals surface area contributed by atoms with Crippen LogP contribution in [0.5, 0.6) is 0 Å². The van der Waals surface area contributed by atoms with Gasteiger partial charge in [-0.15, -0.1) is 0 Å². The SMILES string of the molecule is CCCNCc1ccc(-c2cccc(C#N)c2)cc1F. The number of rotatable bonds is 5. The Morgan fingerprint density at radius 3 is 2.65 bits per heavy atom. The highest BCUT2D eigenvalue weighted by Crippen LogP contribution is 2.22. The maximum atomic E-state index is 14.0. The van der Waals surface area contributed by atoms with Crippen molar-refractivity contribution in [3.63, 3.8) is 0 Å². The zero-order valence-corrected chi connectivity index (χ0v) is 11.5. The van der Waals surface area contributed by atoms with Crippen molar-refractivity contribution in [3.05, 3.63) is 59.4 Å². The van der Waals surface area contributed by atoms with Gasteiger partial charge in [0, 0.05) is 12.1 Å². The Morgan fingerprint density at radius 2 is 1.95 bits per heavy atom. The fourth-order valence-corrected chi connectivity index (χ4v) is 2.04. The van der Waals surface area contributed by atoms with E-state index in [0.29, 0.717) is 17.7 Å². The van der Waals surface area contributed by atoms with Crippen LogP contribution in [0.2, 0.25) is 0 Å². The molecule has 0 aliphatic rings. The van der Waals surface area contributed by atoms with Crippen LogP contribution < -0.4 is 5.32 Å². The predicted molar refractivity (Wildman–Crippen MR) is 78.5 cm³/mol. The quantitative estimate of drug-likeness (QED) is 0.836. The van der Waals surface area contributed by atoms with Gasteiger partial charge in [-0.3, -0.25) is 0 Å². The van der Waals surface area contributed by atoms with Gasteiger partial charge >= 0.3 is 0 Å². The van der Waals surface area contributed by atoms with Crippen LogP contribution in [0.15, 0.2) is 42.5 Å². The number of hydrogen-bond acceptors (Lipinski definition) is 2. The second-order valence-corrected chi connectivity index (χ2v) is 4.68. The molecule has 0 heterocycles. The second kappa shape index (κ2) is 6.83. The Morgan fingerprint density at radius 1 is 1.15 bits per heavy atom. The minimum atomic E-state index is -0.214. The largest absolute Gasteiger partial charge is 0.313 e. The summed E-state index contributed by atoms with van der Waals surface area (Å²) in [7, 11) is 0. The van der Waals surface area contributed by atoms with Gasteiger partial charge in [-0.25, -0.2) is 4.39 Å². The summed E-state index contributed by atoms with van der Waals surface area (Å²) in [5.74, 6) is -0.214. The molecular weight excluding hydrogens is 251 g/mol. The van der Waals surface area contributed by atoms with Crippen LogP contribution in [-0.4, -0.2) is 6.54 Å². The maximum Gasteiger partial charge on any atom is 0.128 e. The van der Waals surface area contributed by atoms with Crippen molar-refractivity contribution in [2.45, 2.75) is 19.9 Å². The summed E-state index contributed by atoms with van der Waals surface area (Å²) >= 11 is 0. The first-order valence-electron chi connectivity index (χ1n) is 6.74. The first-order valence-corrected chi connectivity index (χ1v) is 6.74. The number of nitrogens with zero attached hydrogens (tertiary/aromatic N) is 1. The number of halogens is 1. The van der Waals surface area contributed by atoms with E-state index in [2.05, 4.69) is 18.3 Å². The van der Waals surface area contributed by atoms with Crippen LogP contribution in [0, 0.1) is 17.1 Å². The lowest BCUT2D eigenvalue weighted by molar-refractivity contribution is 0.587. The molecule has 0 aliphatic heterocycles. The van der Waals surface area contributed by atoms with Crippen LogP contribution in [0.25, 0.3) is 11.1 Å². The zero-order chi connectivity index (χ0) is 14.4. The maximum absolute atomic E-state index is 14.0. The average Bonchev–Trinajstić information content (AvgIpc) is 2.49. The van der Waals surface area contributed by atoms with Crippen LogP contribution in [0.3, 0.4) is 0 Å². The molecule has 0 saturated carbocycles. The van der Waals surface area contributed by atoms with E-state index in [-0.39, 0.29) is 5.82 Å². The number of nitriles is 1. The second-order valence-electron chi connectivity index (χ2n) is 4.68. The Hall–Kier alpha value is -2.18. The van der Waals surface area contributed by atoms with E-state index >= 15 is 0 Å². The summed E-state index contributed by atoms with van der Waals surface area (Å²) in [6, 6.07) is 14.5. The molecule has 0 saturated heterocycles. The smallest absolute Gasteiger partial charge is 0.128 e. The molecule has 2 aromatic rings. The van der Waals surface area contributed by atoms with Crippen molar-refractivity contribution in [1.82, 2.24) is 5.32 Å². The van der Waals surface area contributed by atoms with Crippen molar-refractivity contribution in [2.24, 2.45) is 0 Å². The first-order chi connectivity index (χ1) is 9.74. The summed E-state index contributed by atoms with van der Waals surface area (Å²) in [4.78, 5) is 0. The van der Waals surface area contributed by atoms with Crippen molar-refractivity contribution in [2.75, 3.05) is 6.54 Å². The van der Waals surface area contributed by atoms with E-state index in [9.17, 15) is 4.39 Å². The topological polar surface area (TPSA) is 35.8 Å². The summed E-state index contributed by atoms with van der Waals surface area (Å²) < 4.78 is 14.0. The molecule has 0 fully saturated rings. The van der Waals surface area contributed by atoms with Crippen LogP contribution in [-0.2, 0) is 6.54 Å². The lowest BCUT2D eigenvalue weighted by atomic mass is 10.0. The molecule has 2 rings (SSSR count). The Labute approximate surface area is 118 Å².